The lowest BCUT2D eigenvalue weighted by molar-refractivity contribution is -0.118. The Morgan fingerprint density at radius 3 is 2.71 bits per heavy atom. The first-order chi connectivity index (χ1) is 15.0. The van der Waals surface area contributed by atoms with Crippen LogP contribution in [0.3, 0.4) is 0 Å². The second kappa shape index (κ2) is 9.41. The number of thioether (sulfide) groups is 1. The molecule has 0 saturated carbocycles. The normalized spacial score (nSPS) is 10.9. The first-order valence-corrected chi connectivity index (χ1v) is 11.1. The Kier molecular flexibility index (Phi) is 6.44. The first kappa shape index (κ1) is 21.2. The number of benzene rings is 2. The van der Waals surface area contributed by atoms with Gasteiger partial charge in [0.2, 0.25) is 5.91 Å². The largest absolute Gasteiger partial charge is 0.459 e. The van der Waals surface area contributed by atoms with Gasteiger partial charge < -0.3 is 9.73 Å². The Morgan fingerprint density at radius 2 is 1.94 bits per heavy atom. The van der Waals surface area contributed by atoms with E-state index in [2.05, 4.69) is 28.5 Å². The third-order valence-corrected chi connectivity index (χ3v) is 5.91. The third-order valence-electron chi connectivity index (χ3n) is 4.71. The molecule has 1 N–H and O–H groups in total. The predicted molar refractivity (Wildman–Crippen MR) is 123 cm³/mol. The van der Waals surface area contributed by atoms with E-state index >= 15 is 0 Å². The summed E-state index contributed by atoms with van der Waals surface area (Å²) in [7, 11) is 0. The van der Waals surface area contributed by atoms with Crippen LogP contribution in [0, 0.1) is 13.8 Å². The number of rotatable bonds is 7. The SMILES string of the molecule is Cc1ccc(-n2cnnc2SCC(=O)NCc2ccc(-c3ccc(Cl)cc3)o2)c(C)c1. The summed E-state index contributed by atoms with van der Waals surface area (Å²) >= 11 is 7.27. The van der Waals surface area contributed by atoms with E-state index in [1.54, 1.807) is 6.33 Å². The highest BCUT2D eigenvalue weighted by Crippen LogP contribution is 2.24. The van der Waals surface area contributed by atoms with Gasteiger partial charge in [-0.2, -0.15) is 0 Å². The van der Waals surface area contributed by atoms with Gasteiger partial charge in [-0.05, 0) is 61.9 Å². The standard InChI is InChI=1S/C23H21ClN4O2S/c1-15-3-9-20(16(2)11-15)28-14-26-27-23(28)31-13-22(29)25-12-19-8-10-21(30-19)17-4-6-18(24)7-5-17/h3-11,14H,12-13H2,1-2H3,(H,25,29). The Hall–Kier alpha value is -3.03. The molecule has 158 valence electrons. The molecule has 0 saturated heterocycles. The number of hydrogen-bond donors (Lipinski definition) is 1. The molecule has 1 amide bonds. The van der Waals surface area contributed by atoms with Crippen molar-refractivity contribution in [3.8, 4) is 17.0 Å². The number of carbonyl (C=O) groups is 1. The lowest BCUT2D eigenvalue weighted by Gasteiger charge is -2.10. The van der Waals surface area contributed by atoms with Crippen LogP contribution >= 0.6 is 23.4 Å². The highest BCUT2D eigenvalue weighted by Gasteiger charge is 2.12. The van der Waals surface area contributed by atoms with Crippen molar-refractivity contribution in [1.29, 1.82) is 0 Å². The van der Waals surface area contributed by atoms with Crippen molar-refractivity contribution in [2.24, 2.45) is 0 Å². The molecule has 0 fully saturated rings. The molecule has 2 aromatic heterocycles. The summed E-state index contributed by atoms with van der Waals surface area (Å²) in [6.45, 7) is 4.42. The minimum absolute atomic E-state index is 0.107. The lowest BCUT2D eigenvalue weighted by atomic mass is 10.1. The molecule has 2 aromatic carbocycles. The minimum atomic E-state index is -0.107. The minimum Gasteiger partial charge on any atom is -0.459 e. The van der Waals surface area contributed by atoms with E-state index < -0.39 is 0 Å². The summed E-state index contributed by atoms with van der Waals surface area (Å²) < 4.78 is 7.72. The van der Waals surface area contributed by atoms with Gasteiger partial charge in [0.1, 0.15) is 17.8 Å². The predicted octanol–water partition coefficient (Wildman–Crippen LogP) is 5.21. The molecule has 0 aliphatic rings. The number of nitrogens with one attached hydrogen (secondary N) is 1. The van der Waals surface area contributed by atoms with E-state index in [1.807, 2.05) is 60.0 Å². The van der Waals surface area contributed by atoms with Gasteiger partial charge in [-0.15, -0.1) is 10.2 Å². The van der Waals surface area contributed by atoms with E-state index in [0.29, 0.717) is 22.5 Å². The quantitative estimate of drug-likeness (QED) is 0.390. The van der Waals surface area contributed by atoms with Crippen LogP contribution in [0.5, 0.6) is 0 Å². The van der Waals surface area contributed by atoms with Crippen LogP contribution in [0.25, 0.3) is 17.0 Å². The summed E-state index contributed by atoms with van der Waals surface area (Å²) in [4.78, 5) is 12.3. The highest BCUT2D eigenvalue weighted by atomic mass is 35.5. The molecular weight excluding hydrogens is 432 g/mol. The fourth-order valence-corrected chi connectivity index (χ4v) is 4.05. The lowest BCUT2D eigenvalue weighted by Crippen LogP contribution is -2.24. The van der Waals surface area contributed by atoms with Crippen LogP contribution in [-0.4, -0.2) is 26.4 Å². The number of aryl methyl sites for hydroxylation is 2. The fourth-order valence-electron chi connectivity index (χ4n) is 3.17. The number of halogens is 1. The molecule has 0 unspecified atom stereocenters. The summed E-state index contributed by atoms with van der Waals surface area (Å²) in [5.41, 5.74) is 4.26. The van der Waals surface area contributed by atoms with Gasteiger partial charge in [0.15, 0.2) is 5.16 Å². The van der Waals surface area contributed by atoms with Gasteiger partial charge in [0.25, 0.3) is 0 Å². The van der Waals surface area contributed by atoms with Crippen LogP contribution in [0.4, 0.5) is 0 Å². The molecule has 4 rings (SSSR count). The van der Waals surface area contributed by atoms with Gasteiger partial charge in [0.05, 0.1) is 18.0 Å². The van der Waals surface area contributed by atoms with Gasteiger partial charge in [0, 0.05) is 10.6 Å². The molecule has 31 heavy (non-hydrogen) atoms. The van der Waals surface area contributed by atoms with Crippen molar-refractivity contribution in [3.63, 3.8) is 0 Å². The molecule has 0 aliphatic carbocycles. The smallest absolute Gasteiger partial charge is 0.230 e. The summed E-state index contributed by atoms with van der Waals surface area (Å²) in [5, 5.41) is 12.4. The van der Waals surface area contributed by atoms with E-state index in [0.717, 1.165) is 22.6 Å². The Labute approximate surface area is 189 Å². The molecule has 8 heteroatoms. The zero-order chi connectivity index (χ0) is 21.8. The zero-order valence-corrected chi connectivity index (χ0v) is 18.7. The van der Waals surface area contributed by atoms with Crippen LogP contribution in [0.2, 0.25) is 5.02 Å². The van der Waals surface area contributed by atoms with Crippen LogP contribution in [-0.2, 0) is 11.3 Å². The Bertz CT molecular complexity index is 1200. The number of aromatic nitrogens is 3. The fraction of sp³-hybridized carbons (Fsp3) is 0.174. The van der Waals surface area contributed by atoms with Crippen LogP contribution in [0.1, 0.15) is 16.9 Å². The van der Waals surface area contributed by atoms with Gasteiger partial charge in [-0.25, -0.2) is 0 Å². The summed E-state index contributed by atoms with van der Waals surface area (Å²) in [6, 6.07) is 17.3. The second-order valence-corrected chi connectivity index (χ2v) is 8.49. The molecule has 0 bridgehead atoms. The number of nitrogens with zero attached hydrogens (tertiary/aromatic N) is 3. The van der Waals surface area contributed by atoms with Gasteiger partial charge in [-0.1, -0.05) is 41.1 Å². The Morgan fingerprint density at radius 1 is 1.13 bits per heavy atom. The van der Waals surface area contributed by atoms with Crippen LogP contribution < -0.4 is 5.32 Å². The van der Waals surface area contributed by atoms with Crippen molar-refractivity contribution in [3.05, 3.63) is 82.8 Å². The van der Waals surface area contributed by atoms with E-state index in [4.69, 9.17) is 16.0 Å². The highest BCUT2D eigenvalue weighted by molar-refractivity contribution is 7.99. The van der Waals surface area contributed by atoms with E-state index in [-0.39, 0.29) is 11.7 Å². The van der Waals surface area contributed by atoms with Crippen molar-refractivity contribution in [2.45, 2.75) is 25.5 Å². The maximum absolute atomic E-state index is 12.3. The molecule has 0 atom stereocenters. The molecular formula is C23H21ClN4O2S. The molecule has 0 aliphatic heterocycles. The monoisotopic (exact) mass is 452 g/mol. The Balaban J connectivity index is 1.33. The topological polar surface area (TPSA) is 73.0 Å². The molecule has 0 radical (unpaired) electrons. The van der Waals surface area contributed by atoms with Crippen molar-refractivity contribution in [2.75, 3.05) is 5.75 Å². The van der Waals surface area contributed by atoms with Gasteiger partial charge in [-0.3, -0.25) is 9.36 Å². The summed E-state index contributed by atoms with van der Waals surface area (Å²) in [5.74, 6) is 1.54. The molecule has 4 aromatic rings. The second-order valence-electron chi connectivity index (χ2n) is 7.11. The van der Waals surface area contributed by atoms with Crippen LogP contribution in [0.15, 0.2) is 70.5 Å². The average molecular weight is 453 g/mol. The molecule has 0 spiro atoms. The number of hydrogen-bond acceptors (Lipinski definition) is 5. The first-order valence-electron chi connectivity index (χ1n) is 9.71. The third kappa shape index (κ3) is 5.18. The van der Waals surface area contributed by atoms with Gasteiger partial charge >= 0.3 is 0 Å². The van der Waals surface area contributed by atoms with Crippen molar-refractivity contribution in [1.82, 2.24) is 20.1 Å². The van der Waals surface area contributed by atoms with E-state index in [9.17, 15) is 4.79 Å². The molecule has 2 heterocycles. The molecule has 6 nitrogen and oxygen atoms in total. The number of amides is 1. The summed E-state index contributed by atoms with van der Waals surface area (Å²) in [6.07, 6.45) is 1.67. The average Bonchev–Trinajstić information content (AvgIpc) is 3.41. The maximum atomic E-state index is 12.3. The number of carbonyl (C=O) groups excluding carboxylic acids is 1. The zero-order valence-electron chi connectivity index (χ0n) is 17.1. The van der Waals surface area contributed by atoms with Crippen molar-refractivity contribution < 1.29 is 9.21 Å². The number of furan rings is 1. The maximum Gasteiger partial charge on any atom is 0.230 e. The van der Waals surface area contributed by atoms with Crippen molar-refractivity contribution >= 4 is 29.3 Å². The van der Waals surface area contributed by atoms with E-state index in [1.165, 1.54) is 17.3 Å².